The van der Waals surface area contributed by atoms with Gasteiger partial charge in [-0.15, -0.1) is 0 Å². The van der Waals surface area contributed by atoms with Crippen LogP contribution in [0.1, 0.15) is 12.8 Å². The van der Waals surface area contributed by atoms with Crippen molar-refractivity contribution in [3.63, 3.8) is 0 Å². The Labute approximate surface area is 155 Å². The van der Waals surface area contributed by atoms with Crippen molar-refractivity contribution < 1.29 is 9.53 Å². The maximum atomic E-state index is 12.6. The first kappa shape index (κ1) is 17.1. The van der Waals surface area contributed by atoms with Crippen LogP contribution in [0.4, 0.5) is 0 Å². The lowest BCUT2D eigenvalue weighted by Crippen LogP contribution is -2.44. The van der Waals surface area contributed by atoms with E-state index in [4.69, 9.17) is 4.74 Å². The number of piperidine rings is 1. The van der Waals surface area contributed by atoms with Crippen molar-refractivity contribution in [3.8, 4) is 6.01 Å². The van der Waals surface area contributed by atoms with Crippen molar-refractivity contribution in [2.24, 2.45) is 0 Å². The standard InChI is InChI=1S/C19H19N5O3/c25-17(12-24-13-22-16-5-2-1-4-15(16)18(24)26)23-10-6-14(7-11-23)27-19-20-8-3-9-21-19/h1-5,8-9,13-14H,6-7,10-12H2. The molecule has 8 nitrogen and oxygen atoms in total. The Morgan fingerprint density at radius 2 is 1.81 bits per heavy atom. The van der Waals surface area contributed by atoms with Crippen LogP contribution in [0.5, 0.6) is 6.01 Å². The smallest absolute Gasteiger partial charge is 0.316 e. The van der Waals surface area contributed by atoms with Crippen LogP contribution in [-0.2, 0) is 11.3 Å². The van der Waals surface area contributed by atoms with Gasteiger partial charge in [-0.2, -0.15) is 0 Å². The predicted octanol–water partition coefficient (Wildman–Crippen LogP) is 1.26. The van der Waals surface area contributed by atoms with Gasteiger partial charge in [0.1, 0.15) is 12.6 Å². The Morgan fingerprint density at radius 1 is 1.07 bits per heavy atom. The van der Waals surface area contributed by atoms with Crippen molar-refractivity contribution >= 4 is 16.8 Å². The Kier molecular flexibility index (Phi) is 4.78. The van der Waals surface area contributed by atoms with Crippen LogP contribution in [0.15, 0.2) is 53.8 Å². The third-order valence-corrected chi connectivity index (χ3v) is 4.65. The average Bonchev–Trinajstić information content (AvgIpc) is 2.71. The largest absolute Gasteiger partial charge is 0.460 e. The van der Waals surface area contributed by atoms with Gasteiger partial charge in [0, 0.05) is 38.3 Å². The van der Waals surface area contributed by atoms with Gasteiger partial charge < -0.3 is 9.64 Å². The molecule has 3 aromatic rings. The van der Waals surface area contributed by atoms with Gasteiger partial charge in [0.15, 0.2) is 0 Å². The molecule has 4 rings (SSSR count). The van der Waals surface area contributed by atoms with Gasteiger partial charge in [-0.1, -0.05) is 12.1 Å². The summed E-state index contributed by atoms with van der Waals surface area (Å²) in [5.41, 5.74) is 0.431. The minimum Gasteiger partial charge on any atom is -0.460 e. The molecule has 0 aliphatic carbocycles. The molecule has 1 fully saturated rings. The fourth-order valence-corrected chi connectivity index (χ4v) is 3.18. The van der Waals surface area contributed by atoms with Gasteiger partial charge >= 0.3 is 6.01 Å². The van der Waals surface area contributed by atoms with Gasteiger partial charge in [0.25, 0.3) is 5.56 Å². The first-order chi connectivity index (χ1) is 13.2. The summed E-state index contributed by atoms with van der Waals surface area (Å²) in [7, 11) is 0. The number of fused-ring (bicyclic) bond motifs is 1. The Balaban J connectivity index is 1.37. The Hall–Kier alpha value is -3.29. The fraction of sp³-hybridized carbons (Fsp3) is 0.316. The Morgan fingerprint density at radius 3 is 2.59 bits per heavy atom. The number of ether oxygens (including phenoxy) is 1. The number of likely N-dealkylation sites (tertiary alicyclic amines) is 1. The van der Waals surface area contributed by atoms with Gasteiger partial charge in [-0.3, -0.25) is 14.2 Å². The molecule has 0 radical (unpaired) electrons. The molecule has 138 valence electrons. The minimum atomic E-state index is -0.201. The van der Waals surface area contributed by atoms with E-state index in [1.165, 1.54) is 10.9 Å². The normalized spacial score (nSPS) is 15.0. The molecule has 0 saturated carbocycles. The van der Waals surface area contributed by atoms with E-state index >= 15 is 0 Å². The lowest BCUT2D eigenvalue weighted by molar-refractivity contribution is -0.133. The van der Waals surface area contributed by atoms with Crippen molar-refractivity contribution in [1.82, 2.24) is 24.4 Å². The van der Waals surface area contributed by atoms with Gasteiger partial charge in [-0.05, 0) is 18.2 Å². The zero-order chi connectivity index (χ0) is 18.6. The van der Waals surface area contributed by atoms with Crippen molar-refractivity contribution in [2.75, 3.05) is 13.1 Å². The van der Waals surface area contributed by atoms with E-state index in [1.807, 2.05) is 6.07 Å². The summed E-state index contributed by atoms with van der Waals surface area (Å²) in [5.74, 6) is -0.0939. The van der Waals surface area contributed by atoms with Gasteiger partial charge in [-0.25, -0.2) is 15.0 Å². The van der Waals surface area contributed by atoms with Crippen LogP contribution in [-0.4, -0.2) is 49.5 Å². The predicted molar refractivity (Wildman–Crippen MR) is 98.3 cm³/mol. The molecule has 1 aliphatic heterocycles. The maximum Gasteiger partial charge on any atom is 0.316 e. The lowest BCUT2D eigenvalue weighted by Gasteiger charge is -2.31. The highest BCUT2D eigenvalue weighted by molar-refractivity contribution is 5.79. The summed E-state index contributed by atoms with van der Waals surface area (Å²) in [6.07, 6.45) is 6.10. The first-order valence-electron chi connectivity index (χ1n) is 8.86. The van der Waals surface area contributed by atoms with Crippen molar-refractivity contribution in [3.05, 3.63) is 59.4 Å². The van der Waals surface area contributed by atoms with Crippen LogP contribution in [0.2, 0.25) is 0 Å². The zero-order valence-electron chi connectivity index (χ0n) is 14.7. The zero-order valence-corrected chi connectivity index (χ0v) is 14.7. The molecule has 8 heteroatoms. The molecule has 0 bridgehead atoms. The van der Waals surface area contributed by atoms with E-state index in [0.29, 0.717) is 42.8 Å². The van der Waals surface area contributed by atoms with Crippen LogP contribution < -0.4 is 10.3 Å². The van der Waals surface area contributed by atoms with E-state index in [-0.39, 0.29) is 24.1 Å². The number of aromatic nitrogens is 4. The first-order valence-corrected chi connectivity index (χ1v) is 8.86. The number of nitrogens with zero attached hydrogens (tertiary/aromatic N) is 5. The van der Waals surface area contributed by atoms with Crippen LogP contribution in [0, 0.1) is 0 Å². The number of rotatable bonds is 4. The number of amides is 1. The molecule has 0 atom stereocenters. The molecule has 1 saturated heterocycles. The second-order valence-electron chi connectivity index (χ2n) is 6.42. The molecule has 1 aromatic carbocycles. The lowest BCUT2D eigenvalue weighted by atomic mass is 10.1. The molecular weight excluding hydrogens is 346 g/mol. The highest BCUT2D eigenvalue weighted by atomic mass is 16.5. The molecule has 0 N–H and O–H groups in total. The summed E-state index contributed by atoms with van der Waals surface area (Å²) in [4.78, 5) is 39.2. The van der Waals surface area contributed by atoms with Gasteiger partial charge in [0.05, 0.1) is 17.2 Å². The number of carbonyl (C=O) groups excluding carboxylic acids is 1. The third-order valence-electron chi connectivity index (χ3n) is 4.65. The summed E-state index contributed by atoms with van der Waals surface area (Å²) in [6, 6.07) is 9.22. The van der Waals surface area contributed by atoms with E-state index in [2.05, 4.69) is 15.0 Å². The van der Waals surface area contributed by atoms with Crippen LogP contribution >= 0.6 is 0 Å². The molecule has 2 aromatic heterocycles. The SMILES string of the molecule is O=C(Cn1cnc2ccccc2c1=O)N1CCC(Oc2ncccn2)CC1. The van der Waals surface area contributed by atoms with E-state index < -0.39 is 0 Å². The van der Waals surface area contributed by atoms with Crippen LogP contribution in [0.25, 0.3) is 10.9 Å². The molecule has 1 amide bonds. The van der Waals surface area contributed by atoms with E-state index in [0.717, 1.165) is 0 Å². The molecule has 27 heavy (non-hydrogen) atoms. The van der Waals surface area contributed by atoms with Crippen LogP contribution in [0.3, 0.4) is 0 Å². The van der Waals surface area contributed by atoms with Gasteiger partial charge in [0.2, 0.25) is 5.91 Å². The molecule has 0 spiro atoms. The molecular formula is C19H19N5O3. The Bertz CT molecular complexity index is 997. The average molecular weight is 365 g/mol. The van der Waals surface area contributed by atoms with E-state index in [9.17, 15) is 9.59 Å². The monoisotopic (exact) mass is 365 g/mol. The summed E-state index contributed by atoms with van der Waals surface area (Å²) in [6.45, 7) is 1.14. The fourth-order valence-electron chi connectivity index (χ4n) is 3.18. The number of hydrogen-bond donors (Lipinski definition) is 0. The highest BCUT2D eigenvalue weighted by Crippen LogP contribution is 2.16. The third kappa shape index (κ3) is 3.79. The number of para-hydroxylation sites is 1. The quantitative estimate of drug-likeness (QED) is 0.691. The molecule has 3 heterocycles. The number of carbonyl (C=O) groups is 1. The number of hydrogen-bond acceptors (Lipinski definition) is 6. The molecule has 1 aliphatic rings. The summed E-state index contributed by atoms with van der Waals surface area (Å²) >= 11 is 0. The second kappa shape index (κ2) is 7.53. The summed E-state index contributed by atoms with van der Waals surface area (Å²) < 4.78 is 7.11. The van der Waals surface area contributed by atoms with E-state index in [1.54, 1.807) is 41.6 Å². The van der Waals surface area contributed by atoms with Crippen molar-refractivity contribution in [2.45, 2.75) is 25.5 Å². The van der Waals surface area contributed by atoms with Crippen molar-refractivity contribution in [1.29, 1.82) is 0 Å². The second-order valence-corrected chi connectivity index (χ2v) is 6.42. The topological polar surface area (TPSA) is 90.2 Å². The minimum absolute atomic E-state index is 0.00993. The summed E-state index contributed by atoms with van der Waals surface area (Å²) in [5, 5.41) is 0.516. The number of benzene rings is 1. The molecule has 0 unspecified atom stereocenters. The maximum absolute atomic E-state index is 12.6. The highest BCUT2D eigenvalue weighted by Gasteiger charge is 2.24.